The van der Waals surface area contributed by atoms with Crippen LogP contribution in [-0.2, 0) is 4.79 Å². The fourth-order valence-electron chi connectivity index (χ4n) is 4.80. The monoisotopic (exact) mass is 543 g/mol. The number of halogens is 2. The van der Waals surface area contributed by atoms with Crippen LogP contribution in [0.2, 0.25) is 5.02 Å². The number of benzene rings is 2. The summed E-state index contributed by atoms with van der Waals surface area (Å²) in [5.74, 6) is 0.970. The number of ether oxygens (including phenoxy) is 2. The second-order valence-corrected chi connectivity index (χ2v) is 9.81. The Morgan fingerprint density at radius 3 is 2.68 bits per heavy atom. The highest BCUT2D eigenvalue weighted by Gasteiger charge is 2.26. The molecule has 0 saturated carbocycles. The van der Waals surface area contributed by atoms with Crippen molar-refractivity contribution in [1.29, 1.82) is 0 Å². The molecule has 1 amide bonds. The van der Waals surface area contributed by atoms with Crippen molar-refractivity contribution in [2.45, 2.75) is 18.9 Å². The van der Waals surface area contributed by atoms with Gasteiger partial charge in [0.15, 0.2) is 17.3 Å². The Balaban J connectivity index is 1.31. The second-order valence-electron chi connectivity index (χ2n) is 9.40. The predicted molar refractivity (Wildman–Crippen MR) is 145 cm³/mol. The van der Waals surface area contributed by atoms with Gasteiger partial charge in [0.25, 0.3) is 0 Å². The van der Waals surface area contributed by atoms with Crippen LogP contribution in [0.5, 0.6) is 11.5 Å². The average molecular weight is 544 g/mol. The molecule has 0 unspecified atom stereocenters. The maximum atomic E-state index is 14.6. The number of nitrogens with zero attached hydrogens (tertiary/aromatic N) is 4. The summed E-state index contributed by atoms with van der Waals surface area (Å²) in [7, 11) is 1.56. The van der Waals surface area contributed by atoms with Crippen molar-refractivity contribution < 1.29 is 18.7 Å². The Morgan fingerprint density at radius 2 is 1.95 bits per heavy atom. The summed E-state index contributed by atoms with van der Waals surface area (Å²) in [4.78, 5) is 25.3. The number of nitrogens with one attached hydrogen (secondary N) is 2. The summed E-state index contributed by atoms with van der Waals surface area (Å²) < 4.78 is 26.5. The lowest BCUT2D eigenvalue weighted by molar-refractivity contribution is -0.133. The Kier molecular flexibility index (Phi) is 7.96. The summed E-state index contributed by atoms with van der Waals surface area (Å²) in [6.07, 6.45) is 1.49. The summed E-state index contributed by atoms with van der Waals surface area (Å²) >= 11 is 5.94. The van der Waals surface area contributed by atoms with E-state index in [9.17, 15) is 9.18 Å². The van der Waals surface area contributed by atoms with E-state index in [0.717, 1.165) is 52.1 Å². The van der Waals surface area contributed by atoms with Crippen molar-refractivity contribution in [3.63, 3.8) is 0 Å². The Hall–Kier alpha value is -3.41. The van der Waals surface area contributed by atoms with E-state index in [0.29, 0.717) is 34.8 Å². The van der Waals surface area contributed by atoms with Crippen LogP contribution in [0, 0.1) is 5.82 Å². The number of amides is 1. The van der Waals surface area contributed by atoms with Crippen molar-refractivity contribution in [1.82, 2.24) is 25.1 Å². The van der Waals surface area contributed by atoms with Gasteiger partial charge in [-0.05, 0) is 31.0 Å². The van der Waals surface area contributed by atoms with Gasteiger partial charge in [0.2, 0.25) is 11.9 Å². The number of rotatable bonds is 7. The number of hydrogen-bond donors (Lipinski definition) is 3. The van der Waals surface area contributed by atoms with Crippen LogP contribution in [0.3, 0.4) is 0 Å². The Morgan fingerprint density at radius 1 is 1.18 bits per heavy atom. The highest BCUT2D eigenvalue weighted by Crippen LogP contribution is 2.37. The van der Waals surface area contributed by atoms with Gasteiger partial charge in [0.1, 0.15) is 11.9 Å². The molecule has 2 aliphatic rings. The molecule has 0 spiro atoms. The number of fused-ring (bicyclic) bond motifs is 1. The molecule has 0 bridgehead atoms. The largest absolute Gasteiger partial charge is 0.493 e. The molecule has 0 aliphatic carbocycles. The molecule has 38 heavy (non-hydrogen) atoms. The number of aromatic nitrogens is 2. The van der Waals surface area contributed by atoms with Gasteiger partial charge < -0.3 is 30.7 Å². The average Bonchev–Trinajstić information content (AvgIpc) is 2.92. The number of hydrogen-bond acceptors (Lipinski definition) is 9. The lowest BCUT2D eigenvalue weighted by atomic mass is 10.1. The first-order valence-electron chi connectivity index (χ1n) is 12.6. The Bertz CT molecular complexity index is 1310. The fourth-order valence-corrected chi connectivity index (χ4v) is 4.97. The molecule has 3 heterocycles. The normalized spacial score (nSPS) is 17.0. The zero-order chi connectivity index (χ0) is 26.6. The van der Waals surface area contributed by atoms with Crippen LogP contribution in [0.25, 0.3) is 10.9 Å². The van der Waals surface area contributed by atoms with Crippen molar-refractivity contribution in [3.05, 3.63) is 41.2 Å². The van der Waals surface area contributed by atoms with Crippen LogP contribution in [-0.4, -0.2) is 84.7 Å². The first kappa shape index (κ1) is 26.2. The molecule has 10 nitrogen and oxygen atoms in total. The van der Waals surface area contributed by atoms with Crippen molar-refractivity contribution in [2.24, 2.45) is 0 Å². The van der Waals surface area contributed by atoms with Gasteiger partial charge in [0.05, 0.1) is 29.9 Å². The number of methoxy groups -OCH3 is 1. The van der Waals surface area contributed by atoms with Crippen molar-refractivity contribution in [3.8, 4) is 11.5 Å². The third kappa shape index (κ3) is 5.85. The molecule has 5 rings (SSSR count). The number of piperazine rings is 1. The van der Waals surface area contributed by atoms with E-state index in [2.05, 4.69) is 25.5 Å². The molecular weight excluding hydrogens is 513 g/mol. The maximum absolute atomic E-state index is 14.6. The minimum Gasteiger partial charge on any atom is -0.493 e. The van der Waals surface area contributed by atoms with Crippen LogP contribution >= 0.6 is 11.6 Å². The number of anilines is 3. The van der Waals surface area contributed by atoms with Gasteiger partial charge in [-0.1, -0.05) is 17.7 Å². The fraction of sp³-hybridized carbons (Fsp3) is 0.423. The quantitative estimate of drug-likeness (QED) is 0.413. The van der Waals surface area contributed by atoms with Gasteiger partial charge in [-0.3, -0.25) is 9.69 Å². The van der Waals surface area contributed by atoms with Crippen LogP contribution in [0.1, 0.15) is 12.8 Å². The van der Waals surface area contributed by atoms with Crippen molar-refractivity contribution in [2.75, 3.05) is 64.0 Å². The summed E-state index contributed by atoms with van der Waals surface area (Å²) in [5.41, 5.74) is 6.62. The van der Waals surface area contributed by atoms with E-state index >= 15 is 0 Å². The molecule has 4 N–H and O–H groups in total. The molecule has 0 radical (unpaired) electrons. The Labute approximate surface area is 225 Å². The third-order valence-corrected chi connectivity index (χ3v) is 7.15. The topological polar surface area (TPSA) is 118 Å². The standard InChI is InChI=1S/C26H31ClFN7O3/c1-37-21-14-20-17(25(33-26(29)32-20)31-19-4-2-3-18(27)24(19)28)13-22(21)38-16-5-9-34(10-6-16)15-23(36)35-11-7-30-8-12-35/h2-4,13-14,16,30H,5-12,15H2,1H3,(H3,29,31,32,33). The molecule has 12 heteroatoms. The molecule has 2 aromatic carbocycles. The molecule has 3 aromatic rings. The van der Waals surface area contributed by atoms with Gasteiger partial charge in [-0.15, -0.1) is 0 Å². The van der Waals surface area contributed by atoms with E-state index in [1.54, 1.807) is 31.4 Å². The zero-order valence-electron chi connectivity index (χ0n) is 21.2. The van der Waals surface area contributed by atoms with E-state index < -0.39 is 5.82 Å². The summed E-state index contributed by atoms with van der Waals surface area (Å²) in [5, 5.41) is 6.84. The highest BCUT2D eigenvalue weighted by atomic mass is 35.5. The SMILES string of the molecule is COc1cc2nc(N)nc(Nc3cccc(Cl)c3F)c2cc1OC1CCN(CC(=O)N2CCNCC2)CC1. The molecule has 2 saturated heterocycles. The molecule has 2 fully saturated rings. The van der Waals surface area contributed by atoms with Gasteiger partial charge in [0, 0.05) is 50.7 Å². The van der Waals surface area contributed by atoms with E-state index in [4.69, 9.17) is 26.8 Å². The lowest BCUT2D eigenvalue weighted by Crippen LogP contribution is -2.50. The van der Waals surface area contributed by atoms with E-state index in [1.165, 1.54) is 6.07 Å². The summed E-state index contributed by atoms with van der Waals surface area (Å²) in [6.45, 7) is 5.17. The number of nitrogens with two attached hydrogens (primary N) is 1. The number of likely N-dealkylation sites (tertiary alicyclic amines) is 1. The highest BCUT2D eigenvalue weighted by molar-refractivity contribution is 6.31. The van der Waals surface area contributed by atoms with E-state index in [1.807, 2.05) is 4.90 Å². The summed E-state index contributed by atoms with van der Waals surface area (Å²) in [6, 6.07) is 8.18. The predicted octanol–water partition coefficient (Wildman–Crippen LogP) is 3.03. The molecule has 1 aromatic heterocycles. The van der Waals surface area contributed by atoms with Crippen LogP contribution in [0.15, 0.2) is 30.3 Å². The van der Waals surface area contributed by atoms with Gasteiger partial charge in [-0.2, -0.15) is 4.98 Å². The second kappa shape index (κ2) is 11.5. The zero-order valence-corrected chi connectivity index (χ0v) is 21.9. The number of piperidine rings is 1. The number of carbonyl (C=O) groups excluding carboxylic acids is 1. The molecule has 202 valence electrons. The first-order valence-corrected chi connectivity index (χ1v) is 13.0. The minimum absolute atomic E-state index is 0.00648. The first-order chi connectivity index (χ1) is 18.4. The van der Waals surface area contributed by atoms with Crippen LogP contribution in [0.4, 0.5) is 21.8 Å². The number of carbonyl (C=O) groups is 1. The lowest BCUT2D eigenvalue weighted by Gasteiger charge is -2.34. The van der Waals surface area contributed by atoms with Gasteiger partial charge >= 0.3 is 0 Å². The molecule has 2 aliphatic heterocycles. The van der Waals surface area contributed by atoms with Gasteiger partial charge in [-0.25, -0.2) is 9.37 Å². The molecule has 0 atom stereocenters. The maximum Gasteiger partial charge on any atom is 0.236 e. The smallest absolute Gasteiger partial charge is 0.236 e. The van der Waals surface area contributed by atoms with E-state index in [-0.39, 0.29) is 28.7 Å². The van der Waals surface area contributed by atoms with Crippen molar-refractivity contribution >= 4 is 45.9 Å². The van der Waals surface area contributed by atoms with Crippen LogP contribution < -0.4 is 25.8 Å². The third-order valence-electron chi connectivity index (χ3n) is 6.86. The number of nitrogen functional groups attached to an aromatic ring is 1. The molecular formula is C26H31ClFN7O3. The minimum atomic E-state index is -0.591.